The third-order valence-corrected chi connectivity index (χ3v) is 7.87. The van der Waals surface area contributed by atoms with E-state index in [9.17, 15) is 4.79 Å². The monoisotopic (exact) mass is 502 g/mol. The Morgan fingerprint density at radius 2 is 1.89 bits per heavy atom. The fourth-order valence-corrected chi connectivity index (χ4v) is 5.55. The number of fused-ring (bicyclic) bond motifs is 2. The zero-order chi connectivity index (χ0) is 25.8. The van der Waals surface area contributed by atoms with E-state index in [1.165, 1.54) is 12.8 Å². The number of aryl methyl sites for hydroxylation is 1. The van der Waals surface area contributed by atoms with Crippen LogP contribution in [0.2, 0.25) is 0 Å². The van der Waals surface area contributed by atoms with E-state index < -0.39 is 0 Å². The minimum atomic E-state index is -0.0332. The lowest BCUT2D eigenvalue weighted by Gasteiger charge is -2.36. The molecular weight excluding hydrogens is 468 g/mol. The van der Waals surface area contributed by atoms with Crippen molar-refractivity contribution < 1.29 is 14.3 Å². The smallest absolute Gasteiger partial charge is 0.254 e. The summed E-state index contributed by atoms with van der Waals surface area (Å²) in [5.74, 6) is 2.64. The fourth-order valence-electron chi connectivity index (χ4n) is 5.55. The van der Waals surface area contributed by atoms with Gasteiger partial charge >= 0.3 is 0 Å². The SMILES string of the molecule is COc1ccc2cc(-c3nc4cc(C(=O)N5C[C@H](N)CC[C@@H]5C)cc(OC)c4n3C)n(CC3CC3)c2n1. The van der Waals surface area contributed by atoms with Gasteiger partial charge in [0.2, 0.25) is 5.88 Å². The van der Waals surface area contributed by atoms with Crippen LogP contribution < -0.4 is 15.2 Å². The van der Waals surface area contributed by atoms with Gasteiger partial charge in [-0.05, 0) is 62.8 Å². The summed E-state index contributed by atoms with van der Waals surface area (Å²) in [7, 11) is 5.27. The van der Waals surface area contributed by atoms with E-state index in [4.69, 9.17) is 25.2 Å². The summed E-state index contributed by atoms with van der Waals surface area (Å²) in [6, 6.07) is 9.93. The Labute approximate surface area is 216 Å². The molecule has 194 valence electrons. The minimum Gasteiger partial charge on any atom is -0.494 e. The Bertz CT molecular complexity index is 1500. The number of nitrogens with two attached hydrogens (primary N) is 1. The highest BCUT2D eigenvalue weighted by Gasteiger charge is 2.30. The number of methoxy groups -OCH3 is 2. The number of imidazole rings is 1. The van der Waals surface area contributed by atoms with Crippen LogP contribution in [0, 0.1) is 5.92 Å². The van der Waals surface area contributed by atoms with E-state index in [-0.39, 0.29) is 18.0 Å². The number of carbonyl (C=O) groups is 1. The molecule has 4 heterocycles. The first-order valence-electron chi connectivity index (χ1n) is 13.0. The van der Waals surface area contributed by atoms with Crippen LogP contribution >= 0.6 is 0 Å². The second-order valence-corrected chi connectivity index (χ2v) is 10.5. The molecule has 1 saturated carbocycles. The molecule has 2 N–H and O–H groups in total. The highest BCUT2D eigenvalue weighted by atomic mass is 16.5. The molecule has 3 aromatic heterocycles. The van der Waals surface area contributed by atoms with Gasteiger partial charge in [0, 0.05) is 49.2 Å². The predicted octanol–water partition coefficient (Wildman–Crippen LogP) is 3.97. The van der Waals surface area contributed by atoms with Crippen molar-refractivity contribution in [1.29, 1.82) is 0 Å². The number of aromatic nitrogens is 4. The van der Waals surface area contributed by atoms with Gasteiger partial charge in [0.25, 0.3) is 5.91 Å². The fraction of sp³-hybridized carbons (Fsp3) is 0.464. The van der Waals surface area contributed by atoms with E-state index in [0.717, 1.165) is 53.0 Å². The van der Waals surface area contributed by atoms with E-state index in [1.54, 1.807) is 14.2 Å². The summed E-state index contributed by atoms with van der Waals surface area (Å²) in [5, 5.41) is 1.04. The highest BCUT2D eigenvalue weighted by molar-refractivity contribution is 6.00. The number of piperidine rings is 1. The summed E-state index contributed by atoms with van der Waals surface area (Å²) < 4.78 is 15.5. The molecule has 1 saturated heterocycles. The lowest BCUT2D eigenvalue weighted by Crippen LogP contribution is -2.50. The summed E-state index contributed by atoms with van der Waals surface area (Å²) in [5.41, 5.74) is 10.2. The molecule has 0 bridgehead atoms. The Hall–Kier alpha value is -3.59. The van der Waals surface area contributed by atoms with Crippen molar-refractivity contribution in [1.82, 2.24) is 24.0 Å². The van der Waals surface area contributed by atoms with Crippen LogP contribution in [-0.4, -0.2) is 62.8 Å². The van der Waals surface area contributed by atoms with Gasteiger partial charge in [-0.25, -0.2) is 4.98 Å². The number of hydrogen-bond acceptors (Lipinski definition) is 6. The first-order chi connectivity index (χ1) is 17.9. The standard InChI is InChI=1S/C28H34N6O3/c1-16-5-9-20(29)15-33(16)28(35)19-11-21-25(23(13-19)36-3)32(2)27(30-21)22-12-18-8-10-24(37-4)31-26(18)34(22)14-17-6-7-17/h8,10-13,16-17,20H,5-7,9,14-15,29H2,1-4H3/t16-,20+/m0/s1. The quantitative estimate of drug-likeness (QED) is 0.428. The van der Waals surface area contributed by atoms with Crippen LogP contribution in [0.1, 0.15) is 43.0 Å². The van der Waals surface area contributed by atoms with Crippen molar-refractivity contribution in [3.63, 3.8) is 0 Å². The predicted molar refractivity (Wildman–Crippen MR) is 143 cm³/mol. The van der Waals surface area contributed by atoms with Crippen LogP contribution in [-0.2, 0) is 13.6 Å². The highest BCUT2D eigenvalue weighted by Crippen LogP contribution is 2.38. The molecule has 6 rings (SSSR count). The van der Waals surface area contributed by atoms with Crippen molar-refractivity contribution in [2.24, 2.45) is 18.7 Å². The van der Waals surface area contributed by atoms with E-state index in [2.05, 4.69) is 22.1 Å². The van der Waals surface area contributed by atoms with Gasteiger partial charge in [-0.2, -0.15) is 4.98 Å². The molecule has 1 aliphatic carbocycles. The summed E-state index contributed by atoms with van der Waals surface area (Å²) >= 11 is 0. The van der Waals surface area contributed by atoms with Crippen molar-refractivity contribution >= 4 is 28.0 Å². The molecule has 2 atom stereocenters. The van der Waals surface area contributed by atoms with Gasteiger partial charge in [0.15, 0.2) is 5.82 Å². The topological polar surface area (TPSA) is 100 Å². The van der Waals surface area contributed by atoms with Crippen LogP contribution in [0.5, 0.6) is 11.6 Å². The minimum absolute atomic E-state index is 0.00727. The van der Waals surface area contributed by atoms with Crippen molar-refractivity contribution in [2.45, 2.75) is 51.2 Å². The summed E-state index contributed by atoms with van der Waals surface area (Å²) in [4.78, 5) is 25.2. The number of pyridine rings is 1. The first-order valence-corrected chi connectivity index (χ1v) is 13.0. The molecule has 4 aromatic rings. The first kappa shape index (κ1) is 23.8. The zero-order valence-electron chi connectivity index (χ0n) is 21.9. The number of ether oxygens (including phenoxy) is 2. The zero-order valence-corrected chi connectivity index (χ0v) is 21.9. The molecule has 2 fully saturated rings. The molecule has 1 aromatic carbocycles. The third kappa shape index (κ3) is 4.11. The number of likely N-dealkylation sites (tertiary alicyclic amines) is 1. The second-order valence-electron chi connectivity index (χ2n) is 10.5. The van der Waals surface area contributed by atoms with Crippen LogP contribution in [0.15, 0.2) is 30.3 Å². The van der Waals surface area contributed by atoms with Gasteiger partial charge in [-0.3, -0.25) is 4.79 Å². The number of amides is 1. The average Bonchev–Trinajstić information content (AvgIpc) is 3.58. The maximum Gasteiger partial charge on any atom is 0.254 e. The van der Waals surface area contributed by atoms with E-state index in [1.807, 2.05) is 36.2 Å². The molecule has 9 heteroatoms. The lowest BCUT2D eigenvalue weighted by molar-refractivity contribution is 0.0612. The Balaban J connectivity index is 1.48. The molecule has 0 spiro atoms. The second kappa shape index (κ2) is 9.06. The molecule has 0 unspecified atom stereocenters. The Morgan fingerprint density at radius 3 is 2.62 bits per heavy atom. The molecule has 0 radical (unpaired) electrons. The average molecular weight is 503 g/mol. The van der Waals surface area contributed by atoms with E-state index >= 15 is 0 Å². The molecular formula is C28H34N6O3. The molecule has 9 nitrogen and oxygen atoms in total. The van der Waals surface area contributed by atoms with E-state index in [0.29, 0.717) is 29.7 Å². The number of benzene rings is 1. The number of carbonyl (C=O) groups excluding carboxylic acids is 1. The number of rotatable bonds is 6. The van der Waals surface area contributed by atoms with Gasteiger partial charge in [0.05, 0.1) is 25.4 Å². The van der Waals surface area contributed by atoms with Crippen molar-refractivity contribution in [2.75, 3.05) is 20.8 Å². The largest absolute Gasteiger partial charge is 0.494 e. The van der Waals surface area contributed by atoms with Crippen molar-refractivity contribution in [3.05, 3.63) is 35.9 Å². The molecule has 1 amide bonds. The van der Waals surface area contributed by atoms with Crippen LogP contribution in [0.25, 0.3) is 33.6 Å². The Morgan fingerprint density at radius 1 is 1.08 bits per heavy atom. The van der Waals surface area contributed by atoms with Crippen molar-refractivity contribution in [3.8, 4) is 23.1 Å². The van der Waals surface area contributed by atoms with Gasteiger partial charge < -0.3 is 29.2 Å². The third-order valence-electron chi connectivity index (χ3n) is 7.87. The maximum absolute atomic E-state index is 13.5. The molecule has 2 aliphatic rings. The number of nitrogens with zero attached hydrogens (tertiary/aromatic N) is 5. The van der Waals surface area contributed by atoms with Crippen LogP contribution in [0.4, 0.5) is 0 Å². The normalized spacial score (nSPS) is 20.1. The molecule has 37 heavy (non-hydrogen) atoms. The van der Waals surface area contributed by atoms with Crippen LogP contribution in [0.3, 0.4) is 0 Å². The lowest BCUT2D eigenvalue weighted by atomic mass is 9.99. The maximum atomic E-state index is 13.5. The molecule has 1 aliphatic heterocycles. The van der Waals surface area contributed by atoms with Gasteiger partial charge in [-0.15, -0.1) is 0 Å². The summed E-state index contributed by atoms with van der Waals surface area (Å²) in [6.45, 7) is 3.53. The summed E-state index contributed by atoms with van der Waals surface area (Å²) in [6.07, 6.45) is 4.30. The Kier molecular flexibility index (Phi) is 5.82. The van der Waals surface area contributed by atoms with Gasteiger partial charge in [0.1, 0.15) is 16.9 Å². The number of hydrogen-bond donors (Lipinski definition) is 1. The van der Waals surface area contributed by atoms with Gasteiger partial charge in [-0.1, -0.05) is 0 Å².